The molecule has 66 heavy (non-hydrogen) atoms. The van der Waals surface area contributed by atoms with Gasteiger partial charge in [-0.25, -0.2) is 9.13 Å². The standard InChI is InChI=1S/C47H86O17P2/c1-3-5-7-8-9-10-11-12-13-14-15-16-17-20-23-26-30-34-40(49)60-36-39(62-41(50)35-31-27-24-21-18-19-22-25-29-33-38(48)32-28-6-4-2)37-61-66(58,59)64-47-44(53)42(51)43(52)46(45(47)54)63-65(55,56)57/h22,25,29,33,39,42-47,51-54H,3-21,23-24,26-28,30-32,34-37H2,1-2H3,(H,58,59)(H2,55,56,57)/b25-22-,33-29+/t39-,42?,43?,44?,45?,46-,47+/m1/s1. The minimum atomic E-state index is -5.37. The van der Waals surface area contributed by atoms with E-state index in [1.807, 2.05) is 12.2 Å². The van der Waals surface area contributed by atoms with Crippen molar-refractivity contribution in [3.8, 4) is 0 Å². The molecule has 19 heteroatoms. The molecule has 7 N–H and O–H groups in total. The Morgan fingerprint density at radius 3 is 1.47 bits per heavy atom. The van der Waals surface area contributed by atoms with Crippen LogP contribution in [0.1, 0.15) is 200 Å². The first-order chi connectivity index (χ1) is 31.5. The van der Waals surface area contributed by atoms with E-state index in [0.717, 1.165) is 77.0 Å². The van der Waals surface area contributed by atoms with Crippen molar-refractivity contribution >= 4 is 33.4 Å². The minimum Gasteiger partial charge on any atom is -0.462 e. The summed E-state index contributed by atoms with van der Waals surface area (Å²) in [5.41, 5.74) is 0. The summed E-state index contributed by atoms with van der Waals surface area (Å²) >= 11 is 0. The topological polar surface area (TPSA) is 273 Å². The van der Waals surface area contributed by atoms with Crippen LogP contribution in [0.2, 0.25) is 0 Å². The minimum absolute atomic E-state index is 0.00436. The zero-order valence-electron chi connectivity index (χ0n) is 39.9. The van der Waals surface area contributed by atoms with Crippen LogP contribution >= 0.6 is 15.6 Å². The largest absolute Gasteiger partial charge is 0.472 e. The van der Waals surface area contributed by atoms with E-state index < -0.39 is 83.5 Å². The van der Waals surface area contributed by atoms with E-state index >= 15 is 0 Å². The molecule has 0 aromatic heterocycles. The second kappa shape index (κ2) is 38.0. The van der Waals surface area contributed by atoms with Crippen molar-refractivity contribution < 1.29 is 81.7 Å². The summed E-state index contributed by atoms with van der Waals surface area (Å²) in [6, 6.07) is 0. The third-order valence-corrected chi connectivity index (χ3v) is 13.0. The van der Waals surface area contributed by atoms with Crippen molar-refractivity contribution in [3.05, 3.63) is 24.3 Å². The lowest BCUT2D eigenvalue weighted by Crippen LogP contribution is -2.64. The molecular weight excluding hydrogens is 898 g/mol. The molecular formula is C47H86O17P2. The molecule has 1 aliphatic rings. The number of phosphoric ester groups is 2. The van der Waals surface area contributed by atoms with Crippen molar-refractivity contribution in [2.45, 2.75) is 243 Å². The molecule has 0 radical (unpaired) electrons. The van der Waals surface area contributed by atoms with Gasteiger partial charge >= 0.3 is 27.6 Å². The number of hydrogen-bond acceptors (Lipinski definition) is 14. The molecule has 5 unspecified atom stereocenters. The summed E-state index contributed by atoms with van der Waals surface area (Å²) < 4.78 is 49.4. The van der Waals surface area contributed by atoms with Crippen LogP contribution in [0.3, 0.4) is 0 Å². The summed E-state index contributed by atoms with van der Waals surface area (Å²) in [5.74, 6) is -1.13. The van der Waals surface area contributed by atoms with Crippen LogP contribution in [0.15, 0.2) is 24.3 Å². The molecule has 386 valence electrons. The van der Waals surface area contributed by atoms with Gasteiger partial charge in [-0.1, -0.05) is 167 Å². The average molecular weight is 985 g/mol. The molecule has 1 fully saturated rings. The fourth-order valence-electron chi connectivity index (χ4n) is 7.60. The van der Waals surface area contributed by atoms with E-state index in [1.54, 1.807) is 12.2 Å². The Hall–Kier alpha value is -1.85. The van der Waals surface area contributed by atoms with Crippen LogP contribution in [0, 0.1) is 0 Å². The SMILES string of the molecule is CCCCCCCCCCCCCCCCCCCC(=O)OC[C@H](COP(=O)(O)O[C@H]1C(O)C(O)C(O)[C@@H](OP(=O)(O)O)C1O)OC(=O)CCCCCCC/C=C\C=C\C(=O)CCCCC. The number of carbonyl (C=O) groups is 3. The van der Waals surface area contributed by atoms with Gasteiger partial charge in [-0.3, -0.25) is 28.0 Å². The van der Waals surface area contributed by atoms with E-state index in [0.29, 0.717) is 19.3 Å². The van der Waals surface area contributed by atoms with E-state index in [1.165, 1.54) is 77.0 Å². The summed E-state index contributed by atoms with van der Waals surface area (Å²) in [7, 11) is -10.7. The van der Waals surface area contributed by atoms with Crippen molar-refractivity contribution in [1.82, 2.24) is 0 Å². The molecule has 0 bridgehead atoms. The summed E-state index contributed by atoms with van der Waals surface area (Å²) in [6.45, 7) is 2.95. The number of aliphatic hydroxyl groups is 4. The average Bonchev–Trinajstić information content (AvgIpc) is 3.26. The van der Waals surface area contributed by atoms with Gasteiger partial charge in [0.2, 0.25) is 0 Å². The highest BCUT2D eigenvalue weighted by Crippen LogP contribution is 2.49. The third-order valence-electron chi connectivity index (χ3n) is 11.5. The van der Waals surface area contributed by atoms with Gasteiger partial charge in [-0.2, -0.15) is 0 Å². The lowest BCUT2D eigenvalue weighted by molar-refractivity contribution is -0.216. The number of hydrogen-bond donors (Lipinski definition) is 7. The number of ether oxygens (including phenoxy) is 2. The highest BCUT2D eigenvalue weighted by molar-refractivity contribution is 7.47. The Bertz CT molecular complexity index is 1440. The summed E-state index contributed by atoms with van der Waals surface area (Å²) in [6.07, 6.45) is 21.1. The molecule has 1 rings (SSSR count). The number of unbranched alkanes of at least 4 members (excludes halogenated alkanes) is 23. The fourth-order valence-corrected chi connectivity index (χ4v) is 9.14. The van der Waals surface area contributed by atoms with Gasteiger partial charge in [0, 0.05) is 19.3 Å². The van der Waals surface area contributed by atoms with Gasteiger partial charge in [-0.05, 0) is 38.2 Å². The fraction of sp³-hybridized carbons (Fsp3) is 0.851. The van der Waals surface area contributed by atoms with Gasteiger partial charge in [0.15, 0.2) is 11.9 Å². The highest BCUT2D eigenvalue weighted by atomic mass is 31.2. The molecule has 1 saturated carbocycles. The molecule has 0 aliphatic heterocycles. The number of rotatable bonds is 42. The smallest absolute Gasteiger partial charge is 0.462 e. The van der Waals surface area contributed by atoms with Crippen LogP contribution in [0.5, 0.6) is 0 Å². The van der Waals surface area contributed by atoms with Crippen LogP contribution in [0.4, 0.5) is 0 Å². The first kappa shape index (κ1) is 62.2. The molecule has 1 aliphatic carbocycles. The molecule has 0 amide bonds. The van der Waals surface area contributed by atoms with Crippen molar-refractivity contribution in [3.63, 3.8) is 0 Å². The van der Waals surface area contributed by atoms with Crippen LogP contribution in [-0.4, -0.2) is 109 Å². The Kier molecular flexibility index (Phi) is 35.8. The monoisotopic (exact) mass is 985 g/mol. The second-order valence-corrected chi connectivity index (χ2v) is 20.2. The van der Waals surface area contributed by atoms with E-state index in [9.17, 15) is 58.6 Å². The summed E-state index contributed by atoms with van der Waals surface area (Å²) in [4.78, 5) is 66.1. The number of ketones is 1. The van der Waals surface area contributed by atoms with Crippen molar-refractivity contribution in [1.29, 1.82) is 0 Å². The highest BCUT2D eigenvalue weighted by Gasteiger charge is 2.54. The van der Waals surface area contributed by atoms with Gasteiger partial charge in [0.25, 0.3) is 0 Å². The maximum Gasteiger partial charge on any atom is 0.472 e. The Morgan fingerprint density at radius 2 is 0.955 bits per heavy atom. The molecule has 0 spiro atoms. The van der Waals surface area contributed by atoms with E-state index in [4.69, 9.17) is 18.5 Å². The zero-order chi connectivity index (χ0) is 49.1. The lowest BCUT2D eigenvalue weighted by atomic mass is 9.85. The van der Waals surface area contributed by atoms with Gasteiger partial charge in [0.1, 0.15) is 43.2 Å². The Balaban J connectivity index is 2.58. The first-order valence-electron chi connectivity index (χ1n) is 24.8. The lowest BCUT2D eigenvalue weighted by Gasteiger charge is -2.43. The molecule has 0 aromatic carbocycles. The summed E-state index contributed by atoms with van der Waals surface area (Å²) in [5, 5.41) is 41.2. The van der Waals surface area contributed by atoms with Crippen molar-refractivity contribution in [2.24, 2.45) is 0 Å². The number of esters is 2. The molecule has 0 saturated heterocycles. The van der Waals surface area contributed by atoms with Crippen LogP contribution < -0.4 is 0 Å². The normalized spacial score (nSPS) is 21.6. The predicted octanol–water partition coefficient (Wildman–Crippen LogP) is 8.91. The first-order valence-corrected chi connectivity index (χ1v) is 27.9. The molecule has 0 heterocycles. The third kappa shape index (κ3) is 32.1. The van der Waals surface area contributed by atoms with Gasteiger partial charge in [-0.15, -0.1) is 0 Å². The number of phosphoric acid groups is 2. The zero-order valence-corrected chi connectivity index (χ0v) is 41.7. The molecule has 17 nitrogen and oxygen atoms in total. The van der Waals surface area contributed by atoms with Crippen molar-refractivity contribution in [2.75, 3.05) is 13.2 Å². The number of aliphatic hydroxyl groups excluding tert-OH is 4. The number of carbonyl (C=O) groups excluding carboxylic acids is 3. The molecule has 0 aromatic rings. The van der Waals surface area contributed by atoms with Gasteiger partial charge < -0.3 is 44.6 Å². The maximum atomic E-state index is 13.0. The molecule has 8 atom stereocenters. The van der Waals surface area contributed by atoms with E-state index in [-0.39, 0.29) is 18.6 Å². The second-order valence-electron chi connectivity index (χ2n) is 17.6. The predicted molar refractivity (Wildman–Crippen MR) is 251 cm³/mol. The number of allylic oxidation sites excluding steroid dienone is 4. The van der Waals surface area contributed by atoms with Crippen LogP contribution in [0.25, 0.3) is 0 Å². The van der Waals surface area contributed by atoms with E-state index in [2.05, 4.69) is 18.4 Å². The quantitative estimate of drug-likeness (QED) is 0.00988. The Labute approximate surface area is 394 Å². The van der Waals surface area contributed by atoms with Gasteiger partial charge in [0.05, 0.1) is 6.61 Å². The Morgan fingerprint density at radius 1 is 0.515 bits per heavy atom. The maximum absolute atomic E-state index is 13.0. The van der Waals surface area contributed by atoms with Crippen LogP contribution in [-0.2, 0) is 46.6 Å².